The van der Waals surface area contributed by atoms with Gasteiger partial charge in [-0.1, -0.05) is 30.9 Å². The quantitative estimate of drug-likeness (QED) is 0.663. The highest BCUT2D eigenvalue weighted by Gasteiger charge is 2.17. The molecule has 0 heterocycles. The normalized spacial score (nSPS) is 11.5. The van der Waals surface area contributed by atoms with Crippen molar-refractivity contribution in [3.63, 3.8) is 0 Å². The molecule has 0 atom stereocenters. The van der Waals surface area contributed by atoms with E-state index < -0.39 is 8.07 Å². The van der Waals surface area contributed by atoms with Crippen LogP contribution in [0.15, 0.2) is 18.2 Å². The largest absolute Gasteiger partial charge is 0.494 e. The number of hydrogen-bond acceptors (Lipinski definition) is 1. The molecule has 0 aliphatic carbocycles. The Morgan fingerprint density at radius 2 is 1.85 bits per heavy atom. The van der Waals surface area contributed by atoms with Crippen molar-refractivity contribution >= 4 is 13.3 Å². The highest BCUT2D eigenvalue weighted by atomic mass is 28.3. The van der Waals surface area contributed by atoms with Crippen LogP contribution >= 0.6 is 0 Å². The van der Waals surface area contributed by atoms with Gasteiger partial charge in [-0.15, -0.1) is 0 Å². The summed E-state index contributed by atoms with van der Waals surface area (Å²) in [5.74, 6) is 0.0597. The molecule has 0 aromatic heterocycles. The molecule has 0 amide bonds. The Kier molecular flexibility index (Phi) is 2.76. The van der Waals surface area contributed by atoms with Crippen molar-refractivity contribution in [2.45, 2.75) is 19.6 Å². The Morgan fingerprint density at radius 3 is 2.31 bits per heavy atom. The summed E-state index contributed by atoms with van der Waals surface area (Å²) >= 11 is 0. The van der Waals surface area contributed by atoms with Crippen molar-refractivity contribution in [1.29, 1.82) is 0 Å². The average molecular weight is 198 g/mol. The van der Waals surface area contributed by atoms with Gasteiger partial charge in [-0.05, 0) is 12.1 Å². The van der Waals surface area contributed by atoms with Crippen molar-refractivity contribution in [3.8, 4) is 5.75 Å². The summed E-state index contributed by atoms with van der Waals surface area (Å²) in [5.41, 5.74) is 0. The van der Waals surface area contributed by atoms with E-state index in [2.05, 4.69) is 19.6 Å². The molecule has 0 radical (unpaired) electrons. The van der Waals surface area contributed by atoms with E-state index in [4.69, 9.17) is 4.74 Å². The molecule has 13 heavy (non-hydrogen) atoms. The Hall–Kier alpha value is -0.833. The second-order valence-corrected chi connectivity index (χ2v) is 9.18. The van der Waals surface area contributed by atoms with E-state index in [0.717, 1.165) is 0 Å². The first-order valence-corrected chi connectivity index (χ1v) is 7.79. The first kappa shape index (κ1) is 10.2. The lowest BCUT2D eigenvalue weighted by atomic mass is 10.3. The molecule has 1 aromatic rings. The molecule has 0 spiro atoms. The van der Waals surface area contributed by atoms with Gasteiger partial charge in [-0.25, -0.2) is 4.39 Å². The second kappa shape index (κ2) is 3.50. The molecule has 0 bridgehead atoms. The summed E-state index contributed by atoms with van der Waals surface area (Å²) in [4.78, 5) is 0. The topological polar surface area (TPSA) is 9.23 Å². The fourth-order valence-electron chi connectivity index (χ4n) is 1.13. The summed E-state index contributed by atoms with van der Waals surface area (Å²) < 4.78 is 18.0. The maximum atomic E-state index is 13.0. The van der Waals surface area contributed by atoms with Crippen LogP contribution in [0.2, 0.25) is 19.6 Å². The minimum Gasteiger partial charge on any atom is -0.494 e. The van der Waals surface area contributed by atoms with Crippen molar-refractivity contribution in [1.82, 2.24) is 0 Å². The van der Waals surface area contributed by atoms with Gasteiger partial charge in [-0.3, -0.25) is 0 Å². The van der Waals surface area contributed by atoms with Gasteiger partial charge in [0.2, 0.25) is 0 Å². The molecular formula is C10H15FOSi. The van der Waals surface area contributed by atoms with E-state index in [-0.39, 0.29) is 5.82 Å². The van der Waals surface area contributed by atoms with Crippen molar-refractivity contribution in [3.05, 3.63) is 24.0 Å². The predicted octanol–water partition coefficient (Wildman–Crippen LogP) is 2.38. The standard InChI is InChI=1S/C10H15FOSi/c1-12-10-7-8(13(2,3)4)5-6-9(10)11/h5-7H,1-4H3. The second-order valence-electron chi connectivity index (χ2n) is 4.10. The SMILES string of the molecule is COc1cc([Si](C)(C)C)ccc1F. The third-order valence-electron chi connectivity index (χ3n) is 2.02. The minimum atomic E-state index is -1.35. The van der Waals surface area contributed by atoms with Crippen LogP contribution in [0, 0.1) is 5.82 Å². The molecule has 0 fully saturated rings. The van der Waals surface area contributed by atoms with Crippen molar-refractivity contribution in [2.75, 3.05) is 7.11 Å². The van der Waals surface area contributed by atoms with Crippen LogP contribution in [0.3, 0.4) is 0 Å². The molecule has 0 aliphatic rings. The molecule has 1 rings (SSSR count). The molecule has 0 N–H and O–H groups in total. The molecule has 0 aliphatic heterocycles. The van der Waals surface area contributed by atoms with Crippen LogP contribution in [0.1, 0.15) is 0 Å². The van der Waals surface area contributed by atoms with Gasteiger partial charge >= 0.3 is 0 Å². The van der Waals surface area contributed by atoms with Crippen LogP contribution < -0.4 is 9.92 Å². The van der Waals surface area contributed by atoms with Crippen LogP contribution in [-0.2, 0) is 0 Å². The smallest absolute Gasteiger partial charge is 0.165 e. The van der Waals surface area contributed by atoms with E-state index in [1.165, 1.54) is 18.4 Å². The van der Waals surface area contributed by atoms with Gasteiger partial charge in [0.1, 0.15) is 0 Å². The number of halogens is 1. The van der Waals surface area contributed by atoms with E-state index in [1.807, 2.05) is 12.1 Å². The third-order valence-corrected chi connectivity index (χ3v) is 4.06. The molecule has 0 saturated carbocycles. The van der Waals surface area contributed by atoms with Crippen molar-refractivity contribution < 1.29 is 9.13 Å². The highest BCUT2D eigenvalue weighted by molar-refractivity contribution is 6.88. The lowest BCUT2D eigenvalue weighted by molar-refractivity contribution is 0.387. The molecule has 0 saturated heterocycles. The van der Waals surface area contributed by atoms with Gasteiger partial charge < -0.3 is 4.74 Å². The zero-order valence-corrected chi connectivity index (χ0v) is 9.52. The third kappa shape index (κ3) is 2.31. The van der Waals surface area contributed by atoms with E-state index in [1.54, 1.807) is 0 Å². The van der Waals surface area contributed by atoms with Crippen LogP contribution in [-0.4, -0.2) is 15.2 Å². The van der Waals surface area contributed by atoms with E-state index in [9.17, 15) is 4.39 Å². The molecule has 1 aromatic carbocycles. The maximum absolute atomic E-state index is 13.0. The Labute approximate surface area is 79.6 Å². The van der Waals surface area contributed by atoms with Gasteiger partial charge in [0.15, 0.2) is 11.6 Å². The minimum absolute atomic E-state index is 0.287. The van der Waals surface area contributed by atoms with Gasteiger partial charge in [-0.2, -0.15) is 0 Å². The predicted molar refractivity (Wildman–Crippen MR) is 55.9 cm³/mol. The van der Waals surface area contributed by atoms with E-state index in [0.29, 0.717) is 5.75 Å². The van der Waals surface area contributed by atoms with Crippen LogP contribution in [0.25, 0.3) is 0 Å². The Morgan fingerprint density at radius 1 is 1.23 bits per heavy atom. The first-order chi connectivity index (χ1) is 5.95. The monoisotopic (exact) mass is 198 g/mol. The first-order valence-electron chi connectivity index (χ1n) is 4.29. The van der Waals surface area contributed by atoms with Crippen LogP contribution in [0.4, 0.5) is 4.39 Å². The maximum Gasteiger partial charge on any atom is 0.165 e. The lowest BCUT2D eigenvalue weighted by Gasteiger charge is -2.17. The number of benzene rings is 1. The summed E-state index contributed by atoms with van der Waals surface area (Å²) in [7, 11) is 0.142. The van der Waals surface area contributed by atoms with Crippen LogP contribution in [0.5, 0.6) is 5.75 Å². The molecule has 3 heteroatoms. The zero-order chi connectivity index (χ0) is 10.1. The Bertz CT molecular complexity index is 304. The summed E-state index contributed by atoms with van der Waals surface area (Å²) in [6, 6.07) is 5.14. The van der Waals surface area contributed by atoms with Gasteiger partial charge in [0.05, 0.1) is 15.2 Å². The average Bonchev–Trinajstić information content (AvgIpc) is 2.03. The Balaban J connectivity index is 3.14. The molecular weight excluding hydrogens is 183 g/mol. The molecule has 0 unspecified atom stereocenters. The number of hydrogen-bond donors (Lipinski definition) is 0. The fourth-order valence-corrected chi connectivity index (χ4v) is 2.27. The van der Waals surface area contributed by atoms with Gasteiger partial charge in [0.25, 0.3) is 0 Å². The highest BCUT2D eigenvalue weighted by Crippen LogP contribution is 2.15. The zero-order valence-electron chi connectivity index (χ0n) is 8.52. The summed E-state index contributed by atoms with van der Waals surface area (Å²) in [5, 5.41) is 1.21. The number of methoxy groups -OCH3 is 1. The molecule has 1 nitrogen and oxygen atoms in total. The van der Waals surface area contributed by atoms with Crippen molar-refractivity contribution in [2.24, 2.45) is 0 Å². The molecule has 72 valence electrons. The summed E-state index contributed by atoms with van der Waals surface area (Å²) in [6.45, 7) is 6.67. The lowest BCUT2D eigenvalue weighted by Crippen LogP contribution is -2.37. The number of ether oxygens (including phenoxy) is 1. The van der Waals surface area contributed by atoms with E-state index >= 15 is 0 Å². The number of rotatable bonds is 2. The van der Waals surface area contributed by atoms with Gasteiger partial charge in [0, 0.05) is 0 Å². The fraction of sp³-hybridized carbons (Fsp3) is 0.400. The summed E-state index contributed by atoms with van der Waals surface area (Å²) in [6.07, 6.45) is 0.